The molecule has 3 rings (SSSR count). The van der Waals surface area contributed by atoms with Crippen LogP contribution in [0.3, 0.4) is 0 Å². The van der Waals surface area contributed by atoms with Gasteiger partial charge in [-0.15, -0.1) is 0 Å². The molecule has 1 aliphatic rings. The van der Waals surface area contributed by atoms with E-state index in [4.69, 9.17) is 19.5 Å². The number of ether oxygens (including phenoxy) is 1. The van der Waals surface area contributed by atoms with E-state index in [-0.39, 0.29) is 23.8 Å². The van der Waals surface area contributed by atoms with Gasteiger partial charge in [0.05, 0.1) is 18.3 Å². The normalized spacial score (nSPS) is 26.6. The number of carboxylic acid groups (broad SMARTS) is 1. The number of halogens is 1. The number of benzene rings is 1. The predicted molar refractivity (Wildman–Crippen MR) is 136 cm³/mol. The molecule has 1 aromatic carbocycles. The Labute approximate surface area is 219 Å². The first-order chi connectivity index (χ1) is 17.8. The van der Waals surface area contributed by atoms with Gasteiger partial charge < -0.3 is 30.2 Å². The lowest BCUT2D eigenvalue weighted by Gasteiger charge is -2.34. The minimum absolute atomic E-state index is 0.0607. The van der Waals surface area contributed by atoms with Crippen LogP contribution in [-0.2, 0) is 24.5 Å². The summed E-state index contributed by atoms with van der Waals surface area (Å²) in [5, 5.41) is 20.5. The highest BCUT2D eigenvalue weighted by Crippen LogP contribution is 2.55. The fourth-order valence-electron chi connectivity index (χ4n) is 4.04. The monoisotopic (exact) mass is 556 g/mol. The zero-order chi connectivity index (χ0) is 28.3. The zero-order valence-electron chi connectivity index (χ0n) is 21.6. The standard InChI is InChI=1S/C24H34FN4O8P/c1-5-14(2)12-29(16(4)22(31)32)38(34,37-17-9-7-6-8-10-17)35-13-19-20(30)15(3)24(25,36-19)18-11-27-23(33)28-21(18)26/h6-11,14-16,19-20,30H,5,12-13H2,1-4H3,(H,31,32)(H3,26,27,28,33)/t14?,15-,16-,19-,20+,24-,38-/m1/s1. The van der Waals surface area contributed by atoms with Crippen molar-refractivity contribution in [2.45, 2.75) is 58.2 Å². The number of anilines is 1. The molecule has 14 heteroatoms. The van der Waals surface area contributed by atoms with Crippen molar-refractivity contribution in [3.8, 4) is 5.75 Å². The summed E-state index contributed by atoms with van der Waals surface area (Å²) >= 11 is 0. The molecule has 7 atom stereocenters. The fraction of sp³-hybridized carbons (Fsp3) is 0.542. The Bertz CT molecular complexity index is 1220. The van der Waals surface area contributed by atoms with Crippen LogP contribution in [0.25, 0.3) is 0 Å². The number of para-hydroxylation sites is 1. The SMILES string of the molecule is CCC(C)CN([C@H](C)C(=O)O)[P@@](=O)(OC[C@H]1O[C@@](F)(c2c[nH]c(=O)nc2N)[C@H](C)[C@@H]1O)Oc1ccccc1. The smallest absolute Gasteiger partial charge is 0.462 e. The Kier molecular flexibility index (Phi) is 9.32. The Balaban J connectivity index is 1.93. The third-order valence-corrected chi connectivity index (χ3v) is 8.74. The lowest BCUT2D eigenvalue weighted by molar-refractivity contribution is -0.166. The molecule has 1 aromatic heterocycles. The Morgan fingerprint density at radius 2 is 2.03 bits per heavy atom. The third-order valence-electron chi connectivity index (χ3n) is 6.69. The fourth-order valence-corrected chi connectivity index (χ4v) is 6.08. The van der Waals surface area contributed by atoms with Gasteiger partial charge in [-0.05, 0) is 25.0 Å². The summed E-state index contributed by atoms with van der Waals surface area (Å²) in [5.41, 5.74) is 4.67. The van der Waals surface area contributed by atoms with Crippen molar-refractivity contribution >= 4 is 19.5 Å². The van der Waals surface area contributed by atoms with Crippen LogP contribution < -0.4 is 15.9 Å². The van der Waals surface area contributed by atoms with E-state index in [2.05, 4.69) is 9.97 Å². The Morgan fingerprint density at radius 3 is 2.61 bits per heavy atom. The number of hydrogen-bond acceptors (Lipinski definition) is 9. The number of hydrogen-bond donors (Lipinski definition) is 4. The minimum Gasteiger partial charge on any atom is -0.480 e. The van der Waals surface area contributed by atoms with Crippen molar-refractivity contribution < 1.29 is 37.7 Å². The maximum absolute atomic E-state index is 16.0. The Morgan fingerprint density at radius 1 is 1.37 bits per heavy atom. The van der Waals surface area contributed by atoms with Crippen LogP contribution in [0.15, 0.2) is 41.3 Å². The first kappa shape index (κ1) is 29.7. The van der Waals surface area contributed by atoms with Crippen LogP contribution in [0.5, 0.6) is 5.75 Å². The average Bonchev–Trinajstić information content (AvgIpc) is 3.10. The lowest BCUT2D eigenvalue weighted by Crippen LogP contribution is -2.41. The molecule has 0 saturated carbocycles. The quantitative estimate of drug-likeness (QED) is 0.283. The number of nitrogens with two attached hydrogens (primary N) is 1. The molecule has 1 fully saturated rings. The molecule has 0 aliphatic carbocycles. The minimum atomic E-state index is -4.40. The third kappa shape index (κ3) is 6.24. The first-order valence-corrected chi connectivity index (χ1v) is 13.7. The molecule has 0 spiro atoms. The second-order valence-corrected chi connectivity index (χ2v) is 11.3. The number of carboxylic acids is 1. The molecule has 0 radical (unpaired) electrons. The molecule has 0 bridgehead atoms. The number of nitrogens with one attached hydrogen (secondary N) is 1. The molecule has 0 amide bonds. The number of alkyl halides is 1. The maximum Gasteiger partial charge on any atom is 0.462 e. The topological polar surface area (TPSA) is 177 Å². The van der Waals surface area contributed by atoms with Crippen molar-refractivity contribution in [1.29, 1.82) is 0 Å². The van der Waals surface area contributed by atoms with Gasteiger partial charge in [0, 0.05) is 18.7 Å². The number of carbonyl (C=O) groups is 1. The summed E-state index contributed by atoms with van der Waals surface area (Å²) in [6.45, 7) is 5.95. The highest BCUT2D eigenvalue weighted by Gasteiger charge is 2.56. The number of H-pyrrole nitrogens is 1. The number of aromatic amines is 1. The van der Waals surface area contributed by atoms with Gasteiger partial charge in [-0.2, -0.15) is 9.65 Å². The number of aromatic nitrogens is 2. The van der Waals surface area contributed by atoms with E-state index >= 15 is 4.39 Å². The van der Waals surface area contributed by atoms with Crippen molar-refractivity contribution in [2.24, 2.45) is 11.8 Å². The molecule has 1 saturated heterocycles. The highest BCUT2D eigenvalue weighted by molar-refractivity contribution is 7.51. The summed E-state index contributed by atoms with van der Waals surface area (Å²) in [7, 11) is -4.40. The molecule has 1 aliphatic heterocycles. The molecule has 12 nitrogen and oxygen atoms in total. The van der Waals surface area contributed by atoms with Gasteiger partial charge in [0.25, 0.3) is 0 Å². The molecule has 1 unspecified atom stereocenters. The van der Waals surface area contributed by atoms with Crippen LogP contribution in [0, 0.1) is 11.8 Å². The van der Waals surface area contributed by atoms with Gasteiger partial charge in [-0.1, -0.05) is 45.4 Å². The van der Waals surface area contributed by atoms with Crippen LogP contribution >= 0.6 is 7.75 Å². The predicted octanol–water partition coefficient (Wildman–Crippen LogP) is 2.90. The number of rotatable bonds is 12. The summed E-state index contributed by atoms with van der Waals surface area (Å²) in [6.07, 6.45) is -1.12. The largest absolute Gasteiger partial charge is 0.480 e. The zero-order valence-corrected chi connectivity index (χ0v) is 22.5. The number of nitrogens with zero attached hydrogens (tertiary/aromatic N) is 2. The number of aliphatic carboxylic acids is 1. The molecule has 210 valence electrons. The summed E-state index contributed by atoms with van der Waals surface area (Å²) in [5.74, 6) is -5.40. The van der Waals surface area contributed by atoms with Gasteiger partial charge in [-0.25, -0.2) is 13.8 Å². The van der Waals surface area contributed by atoms with Gasteiger partial charge in [0.1, 0.15) is 23.7 Å². The maximum atomic E-state index is 16.0. The van der Waals surface area contributed by atoms with Crippen molar-refractivity contribution in [1.82, 2.24) is 14.6 Å². The van der Waals surface area contributed by atoms with E-state index in [1.165, 1.54) is 26.0 Å². The molecule has 38 heavy (non-hydrogen) atoms. The Hall–Kier alpha value is -2.83. The van der Waals surface area contributed by atoms with Crippen LogP contribution in [0.2, 0.25) is 0 Å². The second-order valence-electron chi connectivity index (χ2n) is 9.40. The number of nitrogen functional groups attached to an aromatic ring is 1. The van der Waals surface area contributed by atoms with Crippen LogP contribution in [-0.4, -0.2) is 62.2 Å². The van der Waals surface area contributed by atoms with E-state index in [0.29, 0.717) is 6.42 Å². The number of aliphatic hydroxyl groups excluding tert-OH is 1. The molecule has 2 heterocycles. The van der Waals surface area contributed by atoms with Crippen molar-refractivity contribution in [2.75, 3.05) is 18.9 Å². The van der Waals surface area contributed by atoms with E-state index in [0.717, 1.165) is 10.9 Å². The van der Waals surface area contributed by atoms with E-state index in [9.17, 15) is 24.4 Å². The summed E-state index contributed by atoms with van der Waals surface area (Å²) in [4.78, 5) is 29.1. The van der Waals surface area contributed by atoms with E-state index < -0.39 is 61.9 Å². The van der Waals surface area contributed by atoms with Crippen LogP contribution in [0.1, 0.15) is 39.7 Å². The molecular weight excluding hydrogens is 522 g/mol. The van der Waals surface area contributed by atoms with Crippen molar-refractivity contribution in [3.05, 3.63) is 52.6 Å². The van der Waals surface area contributed by atoms with Gasteiger partial charge in [0.2, 0.25) is 5.85 Å². The van der Waals surface area contributed by atoms with Gasteiger partial charge >= 0.3 is 19.4 Å². The molecule has 5 N–H and O–H groups in total. The molecular formula is C24H34FN4O8P. The van der Waals surface area contributed by atoms with Crippen LogP contribution in [0.4, 0.5) is 10.2 Å². The lowest BCUT2D eigenvalue weighted by atomic mass is 9.92. The highest BCUT2D eigenvalue weighted by atomic mass is 31.2. The van der Waals surface area contributed by atoms with Crippen molar-refractivity contribution in [3.63, 3.8) is 0 Å². The van der Waals surface area contributed by atoms with Gasteiger partial charge in [-0.3, -0.25) is 9.32 Å². The second kappa shape index (κ2) is 11.9. The summed E-state index contributed by atoms with van der Waals surface area (Å²) in [6, 6.07) is 6.81. The molecule has 2 aromatic rings. The average molecular weight is 557 g/mol. The summed E-state index contributed by atoms with van der Waals surface area (Å²) < 4.78 is 48.5. The van der Waals surface area contributed by atoms with E-state index in [1.807, 2.05) is 13.8 Å². The van der Waals surface area contributed by atoms with E-state index in [1.54, 1.807) is 18.2 Å². The van der Waals surface area contributed by atoms with Gasteiger partial charge in [0.15, 0.2) is 0 Å². The number of aliphatic hydroxyl groups is 1. The first-order valence-electron chi connectivity index (χ1n) is 12.2.